The summed E-state index contributed by atoms with van der Waals surface area (Å²) in [4.78, 5) is 0. The summed E-state index contributed by atoms with van der Waals surface area (Å²) in [5, 5.41) is 0. The molecule has 0 saturated heterocycles. The first-order valence-corrected chi connectivity index (χ1v) is 10.2. The number of aryl methyl sites for hydroxylation is 1. The molecule has 0 N–H and O–H groups in total. The standard InChI is InChI=1S/C22H34F2O/c1-4-6-7-8-17-9-11-18(12-10-17)13-14-19-16(3)15-20(25-5-2)22(24)21(19)23/h15,17-18H,4-14H2,1-3H3. The summed E-state index contributed by atoms with van der Waals surface area (Å²) in [5.74, 6) is 0.0488. The van der Waals surface area contributed by atoms with Gasteiger partial charge in [0, 0.05) is 0 Å². The molecule has 0 heterocycles. The molecule has 0 radical (unpaired) electrons. The van der Waals surface area contributed by atoms with Gasteiger partial charge in [-0.05, 0) is 55.7 Å². The maximum atomic E-state index is 14.4. The van der Waals surface area contributed by atoms with Gasteiger partial charge in [0.15, 0.2) is 11.6 Å². The highest BCUT2D eigenvalue weighted by molar-refractivity contribution is 5.37. The lowest BCUT2D eigenvalue weighted by Crippen LogP contribution is -2.16. The molecule has 0 aliphatic heterocycles. The smallest absolute Gasteiger partial charge is 0.200 e. The average Bonchev–Trinajstić information content (AvgIpc) is 2.61. The summed E-state index contributed by atoms with van der Waals surface area (Å²) in [6.07, 6.45) is 12.1. The van der Waals surface area contributed by atoms with Crippen molar-refractivity contribution in [1.29, 1.82) is 0 Å². The summed E-state index contributed by atoms with van der Waals surface area (Å²) >= 11 is 0. The van der Waals surface area contributed by atoms with Crippen LogP contribution in [0.4, 0.5) is 8.78 Å². The molecule has 0 unspecified atom stereocenters. The number of unbranched alkanes of at least 4 members (excludes halogenated alkanes) is 2. The molecular formula is C22H34F2O. The molecule has 2 rings (SSSR count). The highest BCUT2D eigenvalue weighted by atomic mass is 19.2. The topological polar surface area (TPSA) is 9.23 Å². The van der Waals surface area contributed by atoms with E-state index in [0.717, 1.165) is 17.9 Å². The number of rotatable bonds is 9. The van der Waals surface area contributed by atoms with Gasteiger partial charge in [-0.15, -0.1) is 0 Å². The van der Waals surface area contributed by atoms with Gasteiger partial charge < -0.3 is 4.74 Å². The van der Waals surface area contributed by atoms with Crippen molar-refractivity contribution < 1.29 is 13.5 Å². The largest absolute Gasteiger partial charge is 0.491 e. The van der Waals surface area contributed by atoms with E-state index in [9.17, 15) is 8.78 Å². The van der Waals surface area contributed by atoms with E-state index in [1.54, 1.807) is 13.0 Å². The quantitative estimate of drug-likeness (QED) is 0.435. The Bertz CT molecular complexity index is 533. The van der Waals surface area contributed by atoms with Crippen LogP contribution in [0.25, 0.3) is 0 Å². The van der Waals surface area contributed by atoms with E-state index in [1.807, 2.05) is 6.92 Å². The first-order chi connectivity index (χ1) is 12.1. The third-order valence-electron chi connectivity index (χ3n) is 5.78. The van der Waals surface area contributed by atoms with E-state index in [2.05, 4.69) is 6.92 Å². The minimum absolute atomic E-state index is 0.0360. The molecule has 25 heavy (non-hydrogen) atoms. The van der Waals surface area contributed by atoms with E-state index in [1.165, 1.54) is 51.4 Å². The van der Waals surface area contributed by atoms with Gasteiger partial charge in [0.25, 0.3) is 0 Å². The van der Waals surface area contributed by atoms with Crippen molar-refractivity contribution in [2.75, 3.05) is 6.61 Å². The first-order valence-electron chi connectivity index (χ1n) is 10.2. The molecule has 3 heteroatoms. The van der Waals surface area contributed by atoms with Gasteiger partial charge in [0.05, 0.1) is 6.61 Å². The molecule has 1 saturated carbocycles. The number of hydrogen-bond acceptors (Lipinski definition) is 1. The van der Waals surface area contributed by atoms with E-state index < -0.39 is 11.6 Å². The molecular weight excluding hydrogens is 318 g/mol. The van der Waals surface area contributed by atoms with Crippen molar-refractivity contribution in [2.24, 2.45) is 11.8 Å². The van der Waals surface area contributed by atoms with Crippen LogP contribution in [0, 0.1) is 30.4 Å². The number of ether oxygens (including phenoxy) is 1. The van der Waals surface area contributed by atoms with E-state index >= 15 is 0 Å². The highest BCUT2D eigenvalue weighted by Crippen LogP contribution is 2.35. The molecule has 1 aromatic rings. The fraction of sp³-hybridized carbons (Fsp3) is 0.727. The maximum absolute atomic E-state index is 14.4. The molecule has 0 amide bonds. The van der Waals surface area contributed by atoms with Gasteiger partial charge >= 0.3 is 0 Å². The Kier molecular flexibility index (Phi) is 8.18. The summed E-state index contributed by atoms with van der Waals surface area (Å²) in [7, 11) is 0. The van der Waals surface area contributed by atoms with Crippen LogP contribution in [0.1, 0.15) is 82.8 Å². The Labute approximate surface area is 152 Å². The summed E-state index contributed by atoms with van der Waals surface area (Å²) in [6.45, 7) is 6.22. The van der Waals surface area contributed by atoms with Crippen molar-refractivity contribution in [2.45, 2.75) is 85.0 Å². The molecule has 1 nitrogen and oxygen atoms in total. The van der Waals surface area contributed by atoms with E-state index in [4.69, 9.17) is 4.74 Å². The van der Waals surface area contributed by atoms with Crippen LogP contribution in [0.15, 0.2) is 6.07 Å². The lowest BCUT2D eigenvalue weighted by molar-refractivity contribution is 0.248. The highest BCUT2D eigenvalue weighted by Gasteiger charge is 2.23. The summed E-state index contributed by atoms with van der Waals surface area (Å²) < 4.78 is 33.7. The van der Waals surface area contributed by atoms with Gasteiger partial charge in [-0.1, -0.05) is 58.3 Å². The zero-order chi connectivity index (χ0) is 18.2. The fourth-order valence-electron chi connectivity index (χ4n) is 4.17. The Morgan fingerprint density at radius 3 is 2.20 bits per heavy atom. The molecule has 1 aliphatic carbocycles. The van der Waals surface area contributed by atoms with E-state index in [0.29, 0.717) is 24.5 Å². The second-order valence-corrected chi connectivity index (χ2v) is 7.65. The van der Waals surface area contributed by atoms with Crippen LogP contribution in [-0.2, 0) is 6.42 Å². The first kappa shape index (κ1) is 20.2. The lowest BCUT2D eigenvalue weighted by atomic mass is 9.77. The van der Waals surface area contributed by atoms with Gasteiger partial charge in [0.1, 0.15) is 0 Å². The Morgan fingerprint density at radius 2 is 1.60 bits per heavy atom. The van der Waals surface area contributed by atoms with Gasteiger partial charge in [-0.2, -0.15) is 4.39 Å². The molecule has 0 bridgehead atoms. The Balaban J connectivity index is 1.85. The van der Waals surface area contributed by atoms with Crippen LogP contribution >= 0.6 is 0 Å². The van der Waals surface area contributed by atoms with Crippen LogP contribution in [-0.4, -0.2) is 6.61 Å². The zero-order valence-corrected chi connectivity index (χ0v) is 16.2. The Hall–Kier alpha value is -1.12. The minimum Gasteiger partial charge on any atom is -0.491 e. The average molecular weight is 353 g/mol. The lowest BCUT2D eigenvalue weighted by Gasteiger charge is -2.28. The fourth-order valence-corrected chi connectivity index (χ4v) is 4.17. The van der Waals surface area contributed by atoms with Crippen molar-refractivity contribution in [3.63, 3.8) is 0 Å². The zero-order valence-electron chi connectivity index (χ0n) is 16.2. The molecule has 1 aliphatic rings. The van der Waals surface area contributed by atoms with Crippen LogP contribution in [0.3, 0.4) is 0 Å². The van der Waals surface area contributed by atoms with Crippen molar-refractivity contribution >= 4 is 0 Å². The van der Waals surface area contributed by atoms with Crippen LogP contribution in [0.2, 0.25) is 0 Å². The summed E-state index contributed by atoms with van der Waals surface area (Å²) in [6, 6.07) is 1.64. The molecule has 1 fully saturated rings. The second kappa shape index (κ2) is 10.1. The molecule has 0 spiro atoms. The second-order valence-electron chi connectivity index (χ2n) is 7.65. The van der Waals surface area contributed by atoms with Crippen molar-refractivity contribution in [1.82, 2.24) is 0 Å². The van der Waals surface area contributed by atoms with Crippen molar-refractivity contribution in [3.05, 3.63) is 28.8 Å². The third-order valence-corrected chi connectivity index (χ3v) is 5.78. The SMILES string of the molecule is CCCCCC1CCC(CCc2c(C)cc(OCC)c(F)c2F)CC1. The van der Waals surface area contributed by atoms with Gasteiger partial charge in [-0.3, -0.25) is 0 Å². The molecule has 0 atom stereocenters. The maximum Gasteiger partial charge on any atom is 0.200 e. The van der Waals surface area contributed by atoms with Crippen molar-refractivity contribution in [3.8, 4) is 5.75 Å². The van der Waals surface area contributed by atoms with Gasteiger partial charge in [0.2, 0.25) is 5.82 Å². The van der Waals surface area contributed by atoms with Crippen LogP contribution in [0.5, 0.6) is 5.75 Å². The van der Waals surface area contributed by atoms with Gasteiger partial charge in [-0.25, -0.2) is 4.39 Å². The number of halogens is 2. The number of hydrogen-bond donors (Lipinski definition) is 0. The predicted molar refractivity (Wildman–Crippen MR) is 100 cm³/mol. The molecule has 1 aromatic carbocycles. The monoisotopic (exact) mass is 352 g/mol. The normalized spacial score (nSPS) is 20.7. The molecule has 0 aromatic heterocycles. The van der Waals surface area contributed by atoms with E-state index in [-0.39, 0.29) is 5.75 Å². The summed E-state index contributed by atoms with van der Waals surface area (Å²) in [5.41, 5.74) is 1.33. The Morgan fingerprint density at radius 1 is 0.960 bits per heavy atom. The third kappa shape index (κ3) is 5.69. The molecule has 142 valence electrons. The minimum atomic E-state index is -0.831. The van der Waals surface area contributed by atoms with Crippen LogP contribution < -0.4 is 4.74 Å². The number of benzene rings is 1. The predicted octanol–water partition coefficient (Wildman–Crippen LogP) is 6.99.